The normalized spacial score (nSPS) is 19.9. The number of nitrogens with zero attached hydrogens (tertiary/aromatic N) is 4. The molecule has 0 radical (unpaired) electrons. The van der Waals surface area contributed by atoms with E-state index in [1.807, 2.05) is 36.4 Å². The van der Waals surface area contributed by atoms with Crippen molar-refractivity contribution in [3.8, 4) is 6.07 Å². The molecule has 1 aliphatic carbocycles. The molecule has 8 nitrogen and oxygen atoms in total. The summed E-state index contributed by atoms with van der Waals surface area (Å²) >= 11 is 0. The van der Waals surface area contributed by atoms with E-state index in [1.54, 1.807) is 35.5 Å². The fourth-order valence-corrected chi connectivity index (χ4v) is 4.99. The minimum Gasteiger partial charge on any atom is -0.384 e. The average Bonchev–Trinajstić information content (AvgIpc) is 2.89. The molecule has 5 rings (SSSR count). The van der Waals surface area contributed by atoms with Gasteiger partial charge >= 0.3 is 0 Å². The number of pyridine rings is 1. The van der Waals surface area contributed by atoms with Crippen LogP contribution in [0.1, 0.15) is 35.8 Å². The highest BCUT2D eigenvalue weighted by molar-refractivity contribution is 6.01. The van der Waals surface area contributed by atoms with Gasteiger partial charge in [-0.15, -0.1) is 0 Å². The van der Waals surface area contributed by atoms with Crippen LogP contribution in [-0.4, -0.2) is 15.7 Å². The van der Waals surface area contributed by atoms with Crippen LogP contribution in [0, 0.1) is 21.4 Å². The number of carbonyl (C=O) groups is 1. The lowest BCUT2D eigenvalue weighted by Gasteiger charge is -2.41. The van der Waals surface area contributed by atoms with Crippen molar-refractivity contribution in [2.75, 3.05) is 4.90 Å². The fourth-order valence-electron chi connectivity index (χ4n) is 4.99. The first-order chi connectivity index (χ1) is 17.0. The number of carbonyl (C=O) groups excluding carboxylic acids is 1. The van der Waals surface area contributed by atoms with E-state index in [-0.39, 0.29) is 28.8 Å². The Labute approximate surface area is 201 Å². The smallest absolute Gasteiger partial charge is 0.269 e. The van der Waals surface area contributed by atoms with E-state index >= 15 is 0 Å². The molecule has 172 valence electrons. The zero-order valence-corrected chi connectivity index (χ0v) is 18.7. The standard InChI is InChI=1S/C27H21N5O3/c28-15-22-25(18-7-4-12-30-16-18)26-23(13-19(14-24(26)33)17-5-2-1-3-6-17)31(27(22)29)20-8-10-21(11-9-20)32(34)35/h1-12,16,19,25H,13-14,29H2/t19-,25-/m0/s1. The molecule has 0 saturated carbocycles. The van der Waals surface area contributed by atoms with Gasteiger partial charge in [0.15, 0.2) is 5.78 Å². The minimum atomic E-state index is -0.623. The first-order valence-corrected chi connectivity index (χ1v) is 11.1. The van der Waals surface area contributed by atoms with Gasteiger partial charge < -0.3 is 5.73 Å². The molecule has 2 aromatic carbocycles. The number of nitrogens with two attached hydrogens (primary N) is 1. The first-order valence-electron chi connectivity index (χ1n) is 11.1. The maximum atomic E-state index is 13.7. The Morgan fingerprint density at radius 3 is 2.37 bits per heavy atom. The zero-order chi connectivity index (χ0) is 24.5. The summed E-state index contributed by atoms with van der Waals surface area (Å²) in [4.78, 5) is 30.3. The molecule has 1 aromatic heterocycles. The van der Waals surface area contributed by atoms with Crippen molar-refractivity contribution in [2.24, 2.45) is 5.73 Å². The molecule has 2 atom stereocenters. The summed E-state index contributed by atoms with van der Waals surface area (Å²) in [5, 5.41) is 21.3. The van der Waals surface area contributed by atoms with Crippen LogP contribution >= 0.6 is 0 Å². The Hall–Kier alpha value is -4.77. The van der Waals surface area contributed by atoms with Crippen LogP contribution in [0.15, 0.2) is 102 Å². The fraction of sp³-hybridized carbons (Fsp3) is 0.148. The number of anilines is 1. The Morgan fingerprint density at radius 2 is 1.74 bits per heavy atom. The van der Waals surface area contributed by atoms with Crippen LogP contribution in [0.5, 0.6) is 0 Å². The molecule has 1 aliphatic heterocycles. The molecule has 0 bridgehead atoms. The third-order valence-electron chi connectivity index (χ3n) is 6.57. The average molecular weight is 463 g/mol. The number of hydrogen-bond acceptors (Lipinski definition) is 7. The van der Waals surface area contributed by atoms with Crippen molar-refractivity contribution in [1.29, 1.82) is 5.26 Å². The molecule has 0 amide bonds. The number of non-ortho nitro benzene ring substituents is 1. The molecule has 8 heteroatoms. The van der Waals surface area contributed by atoms with Crippen molar-refractivity contribution in [3.63, 3.8) is 0 Å². The molecule has 3 aromatic rings. The molecule has 2 N–H and O–H groups in total. The maximum Gasteiger partial charge on any atom is 0.269 e. The highest BCUT2D eigenvalue weighted by atomic mass is 16.6. The summed E-state index contributed by atoms with van der Waals surface area (Å²) in [6.45, 7) is 0. The van der Waals surface area contributed by atoms with E-state index < -0.39 is 10.8 Å². The van der Waals surface area contributed by atoms with Crippen LogP contribution in [-0.2, 0) is 4.79 Å². The monoisotopic (exact) mass is 463 g/mol. The van der Waals surface area contributed by atoms with E-state index in [2.05, 4.69) is 11.1 Å². The molecular formula is C27H21N5O3. The highest BCUT2D eigenvalue weighted by Gasteiger charge is 2.43. The summed E-state index contributed by atoms with van der Waals surface area (Å²) in [5.74, 6) is -0.534. The Bertz CT molecular complexity index is 1410. The van der Waals surface area contributed by atoms with Gasteiger partial charge in [0.1, 0.15) is 5.82 Å². The van der Waals surface area contributed by atoms with Crippen LogP contribution in [0.3, 0.4) is 0 Å². The van der Waals surface area contributed by atoms with Gasteiger partial charge in [0.05, 0.1) is 22.5 Å². The van der Waals surface area contributed by atoms with Gasteiger partial charge in [-0.2, -0.15) is 5.26 Å². The van der Waals surface area contributed by atoms with Crippen molar-refractivity contribution in [2.45, 2.75) is 24.7 Å². The second-order valence-electron chi connectivity index (χ2n) is 8.54. The Balaban J connectivity index is 1.71. The van der Waals surface area contributed by atoms with Crippen LogP contribution in [0.4, 0.5) is 11.4 Å². The highest BCUT2D eigenvalue weighted by Crippen LogP contribution is 2.49. The summed E-state index contributed by atoms with van der Waals surface area (Å²) in [5.41, 5.74) is 10.3. The van der Waals surface area contributed by atoms with Crippen molar-refractivity contribution in [3.05, 3.63) is 123 Å². The van der Waals surface area contributed by atoms with E-state index in [9.17, 15) is 20.2 Å². The van der Waals surface area contributed by atoms with Gasteiger partial charge in [-0.05, 0) is 41.7 Å². The lowest BCUT2D eigenvalue weighted by Crippen LogP contribution is -2.40. The second kappa shape index (κ2) is 8.88. The maximum absolute atomic E-state index is 13.7. The molecule has 35 heavy (non-hydrogen) atoms. The van der Waals surface area contributed by atoms with Gasteiger partial charge in [0.25, 0.3) is 5.69 Å². The lowest BCUT2D eigenvalue weighted by atomic mass is 9.72. The van der Waals surface area contributed by atoms with E-state index in [1.165, 1.54) is 12.1 Å². The summed E-state index contributed by atoms with van der Waals surface area (Å²) < 4.78 is 0. The number of benzene rings is 2. The first kappa shape index (κ1) is 22.0. The number of Topliss-reactive ketones (excluding diaryl/α,β-unsaturated/α-hetero) is 1. The SMILES string of the molecule is N#CC1=C(N)N(c2ccc([N+](=O)[O-])cc2)C2=C(C(=O)C[C@@H](c3ccccc3)C2)[C@H]1c1cccnc1. The number of aromatic nitrogens is 1. The number of nitro benzene ring substituents is 1. The van der Waals surface area contributed by atoms with Crippen molar-refractivity contribution in [1.82, 2.24) is 4.98 Å². The van der Waals surface area contributed by atoms with Gasteiger partial charge in [-0.25, -0.2) is 0 Å². The number of hydrogen-bond donors (Lipinski definition) is 1. The summed E-state index contributed by atoms with van der Waals surface area (Å²) in [6.07, 6.45) is 4.13. The Kier molecular flexibility index (Phi) is 5.59. The van der Waals surface area contributed by atoms with Crippen LogP contribution in [0.2, 0.25) is 0 Å². The van der Waals surface area contributed by atoms with Gasteiger partial charge in [-0.1, -0.05) is 36.4 Å². The molecule has 0 fully saturated rings. The predicted octanol–water partition coefficient (Wildman–Crippen LogP) is 4.69. The predicted molar refractivity (Wildman–Crippen MR) is 130 cm³/mol. The third-order valence-corrected chi connectivity index (χ3v) is 6.57. The number of ketones is 1. The molecule has 2 aliphatic rings. The molecule has 0 saturated heterocycles. The van der Waals surface area contributed by atoms with Gasteiger partial charge in [0.2, 0.25) is 0 Å². The Morgan fingerprint density at radius 1 is 1.03 bits per heavy atom. The van der Waals surface area contributed by atoms with Crippen molar-refractivity contribution >= 4 is 17.2 Å². The molecular weight excluding hydrogens is 442 g/mol. The zero-order valence-electron chi connectivity index (χ0n) is 18.7. The molecule has 0 unspecified atom stereocenters. The lowest BCUT2D eigenvalue weighted by molar-refractivity contribution is -0.384. The second-order valence-corrected chi connectivity index (χ2v) is 8.54. The quantitative estimate of drug-likeness (QED) is 0.439. The number of allylic oxidation sites excluding steroid dienone is 3. The number of rotatable bonds is 4. The van der Waals surface area contributed by atoms with Crippen molar-refractivity contribution < 1.29 is 9.72 Å². The van der Waals surface area contributed by atoms with E-state index in [4.69, 9.17) is 5.73 Å². The largest absolute Gasteiger partial charge is 0.384 e. The minimum absolute atomic E-state index is 0.0545. The van der Waals surface area contributed by atoms with Gasteiger partial charge in [0, 0.05) is 47.9 Å². The summed E-state index contributed by atoms with van der Waals surface area (Å²) in [6, 6.07) is 21.6. The number of nitriles is 1. The third kappa shape index (κ3) is 3.83. The molecule has 0 spiro atoms. The van der Waals surface area contributed by atoms with Crippen LogP contribution < -0.4 is 10.6 Å². The molecule has 2 heterocycles. The topological polar surface area (TPSA) is 126 Å². The van der Waals surface area contributed by atoms with E-state index in [0.717, 1.165) is 11.1 Å². The summed E-state index contributed by atoms with van der Waals surface area (Å²) in [7, 11) is 0. The van der Waals surface area contributed by atoms with Gasteiger partial charge in [-0.3, -0.25) is 24.8 Å². The van der Waals surface area contributed by atoms with Crippen LogP contribution in [0.25, 0.3) is 0 Å². The number of nitro groups is 1. The van der Waals surface area contributed by atoms with E-state index in [0.29, 0.717) is 29.8 Å².